The molecule has 4 aromatic rings. The van der Waals surface area contributed by atoms with Gasteiger partial charge >= 0.3 is 6.18 Å². The maximum atomic E-state index is 12.9. The Hall–Kier alpha value is -4.14. The number of hydrogen-bond acceptors (Lipinski definition) is 3. The zero-order valence-electron chi connectivity index (χ0n) is 17.5. The molecule has 0 aliphatic heterocycles. The number of benzene rings is 3. The number of aromatic amines is 1. The Bertz CT molecular complexity index is 1330. The summed E-state index contributed by atoms with van der Waals surface area (Å²) in [5.74, 6) is -0.533. The fourth-order valence-corrected chi connectivity index (χ4v) is 3.43. The molecule has 9 heteroatoms. The number of aromatic nitrogens is 2. The minimum absolute atomic E-state index is 0.0284. The lowest BCUT2D eigenvalue weighted by molar-refractivity contribution is -0.137. The highest BCUT2D eigenvalue weighted by Crippen LogP contribution is 2.30. The fraction of sp³-hybridized carbons (Fsp3) is 0.125. The van der Waals surface area contributed by atoms with Crippen molar-refractivity contribution < 1.29 is 22.8 Å². The van der Waals surface area contributed by atoms with Gasteiger partial charge in [-0.15, -0.1) is 0 Å². The van der Waals surface area contributed by atoms with Crippen LogP contribution in [0.1, 0.15) is 32.1 Å². The minimum Gasteiger partial charge on any atom is -0.352 e. The highest BCUT2D eigenvalue weighted by atomic mass is 19.4. The van der Waals surface area contributed by atoms with E-state index < -0.39 is 17.6 Å². The van der Waals surface area contributed by atoms with Crippen molar-refractivity contribution in [2.45, 2.75) is 12.7 Å². The number of fused-ring (bicyclic) bond motifs is 1. The molecule has 0 aliphatic rings. The lowest BCUT2D eigenvalue weighted by atomic mass is 10.0. The van der Waals surface area contributed by atoms with Crippen molar-refractivity contribution in [1.29, 1.82) is 0 Å². The normalized spacial score (nSPS) is 11.4. The van der Waals surface area contributed by atoms with Gasteiger partial charge < -0.3 is 15.6 Å². The predicted molar refractivity (Wildman–Crippen MR) is 118 cm³/mol. The van der Waals surface area contributed by atoms with Gasteiger partial charge in [0.05, 0.1) is 16.6 Å². The quantitative estimate of drug-likeness (QED) is 0.416. The van der Waals surface area contributed by atoms with Crippen LogP contribution >= 0.6 is 0 Å². The second-order valence-electron chi connectivity index (χ2n) is 7.32. The van der Waals surface area contributed by atoms with Crippen molar-refractivity contribution in [2.24, 2.45) is 0 Å². The summed E-state index contributed by atoms with van der Waals surface area (Å²) in [6.07, 6.45) is -4.44. The number of carbonyl (C=O) groups excluding carboxylic acids is 2. The minimum atomic E-state index is -4.44. The number of amides is 2. The molecule has 1 aromatic heterocycles. The van der Waals surface area contributed by atoms with Gasteiger partial charge in [0, 0.05) is 24.7 Å². The molecule has 168 valence electrons. The molecular formula is C24H19F3N4O2. The molecule has 4 rings (SSSR count). The Balaban J connectivity index is 1.50. The lowest BCUT2D eigenvalue weighted by Crippen LogP contribution is -2.23. The van der Waals surface area contributed by atoms with Crippen LogP contribution in [0, 0.1) is 0 Å². The van der Waals surface area contributed by atoms with Crippen molar-refractivity contribution in [3.63, 3.8) is 0 Å². The number of nitrogens with zero attached hydrogens (tertiary/aromatic N) is 1. The number of hydrogen-bond donors (Lipinski definition) is 3. The molecule has 3 N–H and O–H groups in total. The Morgan fingerprint density at radius 2 is 1.70 bits per heavy atom. The van der Waals surface area contributed by atoms with Gasteiger partial charge in [0.2, 0.25) is 0 Å². The number of rotatable bonds is 5. The monoisotopic (exact) mass is 452 g/mol. The number of para-hydroxylation sites is 1. The van der Waals surface area contributed by atoms with Gasteiger partial charge in [0.15, 0.2) is 5.82 Å². The Labute approximate surface area is 186 Å². The van der Waals surface area contributed by atoms with E-state index in [1.807, 2.05) is 18.2 Å². The second kappa shape index (κ2) is 8.78. The first kappa shape index (κ1) is 22.1. The van der Waals surface area contributed by atoms with Crippen LogP contribution in [0.4, 0.5) is 13.2 Å². The molecular weight excluding hydrogens is 433 g/mol. The zero-order valence-corrected chi connectivity index (χ0v) is 17.5. The maximum Gasteiger partial charge on any atom is 0.416 e. The van der Waals surface area contributed by atoms with Gasteiger partial charge in [-0.05, 0) is 41.5 Å². The topological polar surface area (TPSA) is 86.9 Å². The Morgan fingerprint density at radius 3 is 2.39 bits per heavy atom. The summed E-state index contributed by atoms with van der Waals surface area (Å²) in [5.41, 5.74) is 2.87. The molecule has 0 saturated carbocycles. The van der Waals surface area contributed by atoms with E-state index in [9.17, 15) is 22.8 Å². The predicted octanol–water partition coefficient (Wildman–Crippen LogP) is 4.54. The molecule has 0 fully saturated rings. The van der Waals surface area contributed by atoms with E-state index in [-0.39, 0.29) is 18.3 Å². The summed E-state index contributed by atoms with van der Waals surface area (Å²) in [7, 11) is 1.52. The molecule has 0 unspecified atom stereocenters. The van der Waals surface area contributed by atoms with Crippen molar-refractivity contribution in [3.05, 3.63) is 89.2 Å². The summed E-state index contributed by atoms with van der Waals surface area (Å²) in [6.45, 7) is -0.0284. The first-order chi connectivity index (χ1) is 15.8. The van der Waals surface area contributed by atoms with Crippen molar-refractivity contribution in [3.8, 4) is 11.1 Å². The van der Waals surface area contributed by atoms with Gasteiger partial charge in [-0.1, -0.05) is 36.4 Å². The largest absolute Gasteiger partial charge is 0.416 e. The van der Waals surface area contributed by atoms with Gasteiger partial charge in [0.1, 0.15) is 0 Å². The molecule has 1 heterocycles. The first-order valence-electron chi connectivity index (χ1n) is 10.0. The number of imidazole rings is 1. The SMILES string of the molecule is CNC(=O)c1nc2c(-c3ccc(C(=O)NCc4cccc(C(F)(F)F)c4)cc3)cccc2[nH]1. The highest BCUT2D eigenvalue weighted by Gasteiger charge is 2.30. The van der Waals surface area contributed by atoms with E-state index in [2.05, 4.69) is 20.6 Å². The maximum absolute atomic E-state index is 12.9. The standard InChI is InChI=1S/C24H19F3N4O2/c1-28-23(33)21-30-19-7-3-6-18(20(19)31-21)15-8-10-16(11-9-15)22(32)29-13-14-4-2-5-17(12-14)24(25,26)27/h2-12H,13H2,1H3,(H,28,33)(H,29,32)(H,30,31). The molecule has 0 aliphatic carbocycles. The average molecular weight is 452 g/mol. The molecule has 0 bridgehead atoms. The van der Waals surface area contributed by atoms with Crippen LogP contribution in [0.25, 0.3) is 22.2 Å². The third kappa shape index (κ3) is 4.72. The molecule has 6 nitrogen and oxygen atoms in total. The van der Waals surface area contributed by atoms with Crippen LogP contribution < -0.4 is 10.6 Å². The first-order valence-corrected chi connectivity index (χ1v) is 10.0. The van der Waals surface area contributed by atoms with E-state index >= 15 is 0 Å². The van der Waals surface area contributed by atoms with Gasteiger partial charge in [-0.2, -0.15) is 13.2 Å². The smallest absolute Gasteiger partial charge is 0.352 e. The van der Waals surface area contributed by atoms with Crippen LogP contribution in [0.15, 0.2) is 66.7 Å². The van der Waals surface area contributed by atoms with E-state index in [0.29, 0.717) is 22.2 Å². The van der Waals surface area contributed by atoms with E-state index in [1.165, 1.54) is 19.2 Å². The van der Waals surface area contributed by atoms with Gasteiger partial charge in [-0.25, -0.2) is 4.98 Å². The molecule has 2 amide bonds. The van der Waals surface area contributed by atoms with Crippen LogP contribution in [-0.4, -0.2) is 28.8 Å². The van der Waals surface area contributed by atoms with E-state index in [1.54, 1.807) is 24.3 Å². The van der Waals surface area contributed by atoms with Gasteiger partial charge in [-0.3, -0.25) is 9.59 Å². The molecule has 3 aromatic carbocycles. The highest BCUT2D eigenvalue weighted by molar-refractivity contribution is 5.99. The summed E-state index contributed by atoms with van der Waals surface area (Å²) >= 11 is 0. The Kier molecular flexibility index (Phi) is 5.87. The molecule has 0 spiro atoms. The summed E-state index contributed by atoms with van der Waals surface area (Å²) in [4.78, 5) is 31.7. The molecule has 0 saturated heterocycles. The number of H-pyrrole nitrogens is 1. The third-order valence-corrected chi connectivity index (χ3v) is 5.12. The van der Waals surface area contributed by atoms with Crippen LogP contribution in [0.5, 0.6) is 0 Å². The number of alkyl halides is 3. The average Bonchev–Trinajstić information content (AvgIpc) is 3.26. The van der Waals surface area contributed by atoms with Crippen molar-refractivity contribution >= 4 is 22.8 Å². The van der Waals surface area contributed by atoms with Crippen molar-refractivity contribution in [1.82, 2.24) is 20.6 Å². The number of halogens is 3. The van der Waals surface area contributed by atoms with Crippen LogP contribution in [-0.2, 0) is 12.7 Å². The summed E-state index contributed by atoms with van der Waals surface area (Å²) in [5, 5.41) is 5.16. The van der Waals surface area contributed by atoms with Crippen molar-refractivity contribution in [2.75, 3.05) is 7.05 Å². The molecule has 0 radical (unpaired) electrons. The van der Waals surface area contributed by atoms with E-state index in [4.69, 9.17) is 0 Å². The molecule has 0 atom stereocenters. The number of carbonyl (C=O) groups is 2. The summed E-state index contributed by atoms with van der Waals surface area (Å²) < 4.78 is 38.6. The zero-order chi connectivity index (χ0) is 23.6. The van der Waals surface area contributed by atoms with Crippen LogP contribution in [0.2, 0.25) is 0 Å². The molecule has 33 heavy (non-hydrogen) atoms. The van der Waals surface area contributed by atoms with Gasteiger partial charge in [0.25, 0.3) is 11.8 Å². The third-order valence-electron chi connectivity index (χ3n) is 5.12. The lowest BCUT2D eigenvalue weighted by Gasteiger charge is -2.10. The number of nitrogens with one attached hydrogen (secondary N) is 3. The Morgan fingerprint density at radius 1 is 0.970 bits per heavy atom. The van der Waals surface area contributed by atoms with E-state index in [0.717, 1.165) is 23.3 Å². The second-order valence-corrected chi connectivity index (χ2v) is 7.32. The fourth-order valence-electron chi connectivity index (χ4n) is 3.43. The summed E-state index contributed by atoms with van der Waals surface area (Å²) in [6, 6.07) is 17.1. The van der Waals surface area contributed by atoms with Crippen LogP contribution in [0.3, 0.4) is 0 Å².